The van der Waals surface area contributed by atoms with Crippen molar-refractivity contribution in [1.82, 2.24) is 9.88 Å². The van der Waals surface area contributed by atoms with E-state index in [1.807, 2.05) is 13.8 Å². The summed E-state index contributed by atoms with van der Waals surface area (Å²) in [4.78, 5) is 17.1. The summed E-state index contributed by atoms with van der Waals surface area (Å²) in [5.41, 5.74) is 0.845. The average molecular weight is 210 g/mol. The lowest BCUT2D eigenvalue weighted by atomic mass is 10.3. The lowest BCUT2D eigenvalue weighted by molar-refractivity contribution is -0.128. The van der Waals surface area contributed by atoms with Gasteiger partial charge in [0, 0.05) is 6.54 Å². The Labute approximate surface area is 87.7 Å². The van der Waals surface area contributed by atoms with Gasteiger partial charge in [0.05, 0.1) is 24.8 Å². The van der Waals surface area contributed by atoms with Crippen LogP contribution in [0, 0.1) is 13.8 Å². The predicted octanol–water partition coefficient (Wildman–Crippen LogP) is 0.385. The number of nitrogens with zero attached hydrogens (tertiary/aromatic N) is 2. The molecule has 1 fully saturated rings. The molecular weight excluding hydrogens is 196 g/mol. The van der Waals surface area contributed by atoms with Crippen molar-refractivity contribution in [2.24, 2.45) is 0 Å². The highest BCUT2D eigenvalue weighted by Crippen LogP contribution is 2.16. The first-order valence-electron chi connectivity index (χ1n) is 4.95. The number of amides is 1. The van der Waals surface area contributed by atoms with Gasteiger partial charge in [-0.1, -0.05) is 0 Å². The molecular formula is C10H14N2O3. The van der Waals surface area contributed by atoms with Crippen LogP contribution in [0.3, 0.4) is 0 Å². The molecule has 0 aromatic carbocycles. The molecule has 1 amide bonds. The van der Waals surface area contributed by atoms with E-state index in [1.54, 1.807) is 4.90 Å². The Hall–Kier alpha value is -1.36. The number of aliphatic hydroxyl groups is 1. The topological polar surface area (TPSA) is 66.6 Å². The fourth-order valence-electron chi connectivity index (χ4n) is 1.67. The number of aromatic nitrogens is 1. The van der Waals surface area contributed by atoms with Gasteiger partial charge in [-0.25, -0.2) is 4.98 Å². The molecule has 0 aliphatic carbocycles. The van der Waals surface area contributed by atoms with Crippen molar-refractivity contribution in [3.8, 4) is 0 Å². The molecule has 0 bridgehead atoms. The van der Waals surface area contributed by atoms with Crippen LogP contribution in [-0.4, -0.2) is 33.5 Å². The van der Waals surface area contributed by atoms with Gasteiger partial charge >= 0.3 is 0 Å². The summed E-state index contributed by atoms with van der Waals surface area (Å²) < 4.78 is 5.37. The van der Waals surface area contributed by atoms with Crippen molar-refractivity contribution >= 4 is 5.91 Å². The zero-order valence-electron chi connectivity index (χ0n) is 8.86. The normalized spacial score (nSPS) is 21.4. The van der Waals surface area contributed by atoms with Gasteiger partial charge in [-0.15, -0.1) is 0 Å². The molecule has 1 aromatic heterocycles. The molecule has 0 spiro atoms. The first-order valence-corrected chi connectivity index (χ1v) is 4.95. The van der Waals surface area contributed by atoms with E-state index in [1.165, 1.54) is 0 Å². The standard InChI is InChI=1S/C10H14N2O3/c1-6-7(2)15-9(11-6)5-12-4-8(13)3-10(12)14/h8,13H,3-5H2,1-2H3. The highest BCUT2D eigenvalue weighted by atomic mass is 16.4. The molecule has 82 valence electrons. The lowest BCUT2D eigenvalue weighted by Crippen LogP contribution is -2.25. The fraction of sp³-hybridized carbons (Fsp3) is 0.600. The Morgan fingerprint density at radius 1 is 1.60 bits per heavy atom. The molecule has 15 heavy (non-hydrogen) atoms. The van der Waals surface area contributed by atoms with E-state index in [0.29, 0.717) is 19.0 Å². The van der Waals surface area contributed by atoms with Crippen molar-refractivity contribution in [1.29, 1.82) is 0 Å². The van der Waals surface area contributed by atoms with Gasteiger partial charge in [0.1, 0.15) is 5.76 Å². The summed E-state index contributed by atoms with van der Waals surface area (Å²) in [5, 5.41) is 9.29. The van der Waals surface area contributed by atoms with Crippen LogP contribution >= 0.6 is 0 Å². The van der Waals surface area contributed by atoms with Crippen LogP contribution in [0.2, 0.25) is 0 Å². The number of aliphatic hydroxyl groups excluding tert-OH is 1. The zero-order valence-corrected chi connectivity index (χ0v) is 8.86. The first-order chi connectivity index (χ1) is 7.06. The number of β-amino-alcohol motifs (C(OH)–C–C–N with tert-alkyl or cyclic N) is 1. The maximum atomic E-state index is 11.4. The van der Waals surface area contributed by atoms with Crippen LogP contribution in [0.15, 0.2) is 4.42 Å². The fourth-order valence-corrected chi connectivity index (χ4v) is 1.67. The summed E-state index contributed by atoms with van der Waals surface area (Å²) >= 11 is 0. The van der Waals surface area contributed by atoms with Gasteiger partial charge in [-0.3, -0.25) is 4.79 Å². The van der Waals surface area contributed by atoms with Crippen LogP contribution in [-0.2, 0) is 11.3 Å². The molecule has 2 rings (SSSR count). The van der Waals surface area contributed by atoms with E-state index < -0.39 is 6.10 Å². The third-order valence-electron chi connectivity index (χ3n) is 2.59. The van der Waals surface area contributed by atoms with Crippen molar-refractivity contribution < 1.29 is 14.3 Å². The van der Waals surface area contributed by atoms with Gasteiger partial charge < -0.3 is 14.4 Å². The van der Waals surface area contributed by atoms with Crippen LogP contribution in [0.25, 0.3) is 0 Å². The quantitative estimate of drug-likeness (QED) is 0.766. The van der Waals surface area contributed by atoms with Gasteiger partial charge in [-0.05, 0) is 13.8 Å². The number of likely N-dealkylation sites (tertiary alicyclic amines) is 1. The van der Waals surface area contributed by atoms with Crippen molar-refractivity contribution in [3.63, 3.8) is 0 Å². The van der Waals surface area contributed by atoms with Crippen LogP contribution in [0.5, 0.6) is 0 Å². The third kappa shape index (κ3) is 2.02. The molecule has 1 unspecified atom stereocenters. The number of aryl methyl sites for hydroxylation is 2. The van der Waals surface area contributed by atoms with Crippen LogP contribution in [0.1, 0.15) is 23.8 Å². The molecule has 1 saturated heterocycles. The second-order valence-corrected chi connectivity index (χ2v) is 3.88. The molecule has 2 heterocycles. The molecule has 0 radical (unpaired) electrons. The van der Waals surface area contributed by atoms with E-state index >= 15 is 0 Å². The SMILES string of the molecule is Cc1nc(CN2CC(O)CC2=O)oc1C. The predicted molar refractivity (Wildman–Crippen MR) is 52.0 cm³/mol. The molecule has 1 aliphatic rings. The summed E-state index contributed by atoms with van der Waals surface area (Å²) in [6.45, 7) is 4.43. The molecule has 1 N–H and O–H groups in total. The second-order valence-electron chi connectivity index (χ2n) is 3.88. The summed E-state index contributed by atoms with van der Waals surface area (Å²) in [6, 6.07) is 0. The molecule has 1 aliphatic heterocycles. The molecule has 5 heteroatoms. The number of oxazole rings is 1. The molecule has 0 saturated carbocycles. The molecule has 1 aromatic rings. The second kappa shape index (κ2) is 3.66. The van der Waals surface area contributed by atoms with E-state index in [9.17, 15) is 9.90 Å². The number of hydrogen-bond donors (Lipinski definition) is 1. The Bertz CT molecular complexity index is 367. The summed E-state index contributed by atoms with van der Waals surface area (Å²) in [7, 11) is 0. The maximum Gasteiger partial charge on any atom is 0.225 e. The Morgan fingerprint density at radius 2 is 2.33 bits per heavy atom. The van der Waals surface area contributed by atoms with Gasteiger partial charge in [0.15, 0.2) is 0 Å². The average Bonchev–Trinajstić information content (AvgIpc) is 2.59. The maximum absolute atomic E-state index is 11.4. The van der Waals surface area contributed by atoms with Crippen molar-refractivity contribution in [2.75, 3.05) is 6.54 Å². The molecule has 1 atom stereocenters. The van der Waals surface area contributed by atoms with E-state index in [0.717, 1.165) is 11.5 Å². The Morgan fingerprint density at radius 3 is 2.80 bits per heavy atom. The Balaban J connectivity index is 2.06. The first kappa shape index (κ1) is 10.2. The van der Waals surface area contributed by atoms with Gasteiger partial charge in [-0.2, -0.15) is 0 Å². The van der Waals surface area contributed by atoms with E-state index in [4.69, 9.17) is 4.42 Å². The lowest BCUT2D eigenvalue weighted by Gasteiger charge is -2.12. The van der Waals surface area contributed by atoms with Gasteiger partial charge in [0.2, 0.25) is 11.8 Å². The minimum absolute atomic E-state index is 0.0454. The molecule has 5 nitrogen and oxygen atoms in total. The summed E-state index contributed by atoms with van der Waals surface area (Å²) in [5.74, 6) is 1.26. The van der Waals surface area contributed by atoms with Crippen molar-refractivity contribution in [2.45, 2.75) is 32.9 Å². The highest BCUT2D eigenvalue weighted by Gasteiger charge is 2.28. The van der Waals surface area contributed by atoms with Crippen LogP contribution in [0.4, 0.5) is 0 Å². The number of hydrogen-bond acceptors (Lipinski definition) is 4. The minimum atomic E-state index is -0.547. The van der Waals surface area contributed by atoms with E-state index in [2.05, 4.69) is 4.98 Å². The minimum Gasteiger partial charge on any atom is -0.444 e. The Kier molecular flexibility index (Phi) is 2.48. The summed E-state index contributed by atoms with van der Waals surface area (Å²) in [6.07, 6.45) is -0.340. The monoisotopic (exact) mass is 210 g/mol. The number of rotatable bonds is 2. The number of carbonyl (C=O) groups is 1. The third-order valence-corrected chi connectivity index (χ3v) is 2.59. The highest BCUT2D eigenvalue weighted by molar-refractivity contribution is 5.78. The largest absolute Gasteiger partial charge is 0.444 e. The zero-order chi connectivity index (χ0) is 11.0. The van der Waals surface area contributed by atoms with Gasteiger partial charge in [0.25, 0.3) is 0 Å². The van der Waals surface area contributed by atoms with Crippen molar-refractivity contribution in [3.05, 3.63) is 17.3 Å². The van der Waals surface area contributed by atoms with Crippen LogP contribution < -0.4 is 0 Å². The van der Waals surface area contributed by atoms with E-state index in [-0.39, 0.29) is 12.3 Å². The smallest absolute Gasteiger partial charge is 0.225 e. The number of carbonyl (C=O) groups excluding carboxylic acids is 1.